The molecule has 0 bridgehead atoms. The van der Waals surface area contributed by atoms with Crippen molar-refractivity contribution in [2.24, 2.45) is 0 Å². The zero-order chi connectivity index (χ0) is 24.0. The molecule has 0 spiro atoms. The van der Waals surface area contributed by atoms with E-state index >= 15 is 0 Å². The highest BCUT2D eigenvalue weighted by Gasteiger charge is 2.16. The van der Waals surface area contributed by atoms with Gasteiger partial charge in [0.15, 0.2) is 9.84 Å². The van der Waals surface area contributed by atoms with Gasteiger partial charge in [-0.1, -0.05) is 36.4 Å². The van der Waals surface area contributed by atoms with E-state index < -0.39 is 26.6 Å². The summed E-state index contributed by atoms with van der Waals surface area (Å²) in [7, 11) is -3.40. The molecule has 0 saturated carbocycles. The first-order valence-electron chi connectivity index (χ1n) is 9.98. The third-order valence-electron chi connectivity index (χ3n) is 4.97. The molecule has 0 aliphatic rings. The Hall–Kier alpha value is -3.59. The van der Waals surface area contributed by atoms with Crippen molar-refractivity contribution in [3.05, 3.63) is 111 Å². The van der Waals surface area contributed by atoms with Gasteiger partial charge in [0, 0.05) is 6.26 Å². The fourth-order valence-corrected chi connectivity index (χ4v) is 4.08. The number of halogens is 2. The van der Waals surface area contributed by atoms with Gasteiger partial charge in [-0.05, 0) is 77.1 Å². The van der Waals surface area contributed by atoms with Gasteiger partial charge in [0.2, 0.25) is 0 Å². The summed E-state index contributed by atoms with van der Waals surface area (Å²) in [5.74, 6) is -0.841. The first-order chi connectivity index (χ1) is 15.6. The minimum absolute atomic E-state index is 0.141. The fraction of sp³-hybridized carbons (Fsp3) is 0.167. The van der Waals surface area contributed by atoms with Gasteiger partial charge >= 0.3 is 0 Å². The highest BCUT2D eigenvalue weighted by molar-refractivity contribution is 7.90. The summed E-state index contributed by atoms with van der Waals surface area (Å²) >= 11 is 0. The summed E-state index contributed by atoms with van der Waals surface area (Å²) in [5.41, 5.74) is 3.37. The molecule has 0 fully saturated rings. The van der Waals surface area contributed by atoms with Crippen LogP contribution in [0, 0.1) is 21.7 Å². The Labute approximate surface area is 190 Å². The van der Waals surface area contributed by atoms with E-state index in [1.165, 1.54) is 36.4 Å². The molecule has 0 N–H and O–H groups in total. The second kappa shape index (κ2) is 10.4. The Balaban J connectivity index is 2.19. The predicted molar refractivity (Wildman–Crippen MR) is 120 cm³/mol. The van der Waals surface area contributed by atoms with E-state index in [1.54, 1.807) is 36.4 Å². The van der Waals surface area contributed by atoms with Crippen LogP contribution in [0.25, 0.3) is 11.1 Å². The highest BCUT2D eigenvalue weighted by Crippen LogP contribution is 2.35. The molecule has 6 nitrogen and oxygen atoms in total. The molecule has 3 aromatic carbocycles. The summed E-state index contributed by atoms with van der Waals surface area (Å²) in [6, 6.07) is 17.8. The van der Waals surface area contributed by atoms with Crippen molar-refractivity contribution < 1.29 is 27.1 Å². The van der Waals surface area contributed by atoms with Crippen LogP contribution in [-0.4, -0.2) is 26.4 Å². The summed E-state index contributed by atoms with van der Waals surface area (Å²) in [6.07, 6.45) is 1.72. The van der Waals surface area contributed by atoms with Gasteiger partial charge in [-0.3, -0.25) is 0 Å². The number of allylic oxidation sites excluding steroid dienone is 1. The molecule has 0 saturated heterocycles. The van der Waals surface area contributed by atoms with E-state index in [2.05, 4.69) is 4.84 Å². The van der Waals surface area contributed by atoms with Crippen molar-refractivity contribution in [3.8, 4) is 0 Å². The maximum atomic E-state index is 13.6. The minimum atomic E-state index is -3.40. The van der Waals surface area contributed by atoms with E-state index in [0.29, 0.717) is 28.7 Å². The second-order valence-electron chi connectivity index (χ2n) is 7.32. The Morgan fingerprint density at radius 2 is 1.30 bits per heavy atom. The smallest absolute Gasteiger partial charge is 0.294 e. The Morgan fingerprint density at radius 1 is 0.848 bits per heavy atom. The molecule has 0 radical (unpaired) electrons. The Bertz CT molecular complexity index is 1210. The van der Waals surface area contributed by atoms with Gasteiger partial charge in [-0.25, -0.2) is 17.2 Å². The maximum absolute atomic E-state index is 13.6. The molecule has 0 aliphatic heterocycles. The molecule has 0 amide bonds. The lowest BCUT2D eigenvalue weighted by molar-refractivity contribution is -0.757. The number of benzene rings is 3. The predicted octanol–water partition coefficient (Wildman–Crippen LogP) is 5.32. The van der Waals surface area contributed by atoms with Gasteiger partial charge in [-0.15, -0.1) is 10.1 Å². The zero-order valence-electron chi connectivity index (χ0n) is 17.7. The first-order valence-corrected chi connectivity index (χ1v) is 11.9. The lowest BCUT2D eigenvalue weighted by Crippen LogP contribution is -2.04. The molecular formula is C24H21F2NO5S. The highest BCUT2D eigenvalue weighted by atomic mass is 32.2. The van der Waals surface area contributed by atoms with Crippen LogP contribution in [0.15, 0.2) is 77.7 Å². The van der Waals surface area contributed by atoms with Crippen LogP contribution in [0.5, 0.6) is 0 Å². The number of rotatable bonds is 9. The van der Waals surface area contributed by atoms with E-state index in [4.69, 9.17) is 0 Å². The summed E-state index contributed by atoms with van der Waals surface area (Å²) in [6.45, 7) is -0.141. The van der Waals surface area contributed by atoms with Crippen LogP contribution in [0.2, 0.25) is 0 Å². The fourth-order valence-electron chi connectivity index (χ4n) is 3.45. The molecule has 0 unspecified atom stereocenters. The van der Waals surface area contributed by atoms with Crippen LogP contribution >= 0.6 is 0 Å². The summed E-state index contributed by atoms with van der Waals surface area (Å²) in [5, 5.41) is 9.66. The van der Waals surface area contributed by atoms with Crippen LogP contribution in [-0.2, 0) is 14.7 Å². The molecule has 0 heterocycles. The summed E-state index contributed by atoms with van der Waals surface area (Å²) < 4.78 is 50.9. The lowest BCUT2D eigenvalue weighted by Gasteiger charge is -2.18. The molecule has 33 heavy (non-hydrogen) atoms. The average Bonchev–Trinajstić information content (AvgIpc) is 2.77. The number of hydrogen-bond acceptors (Lipinski definition) is 5. The van der Waals surface area contributed by atoms with Crippen LogP contribution in [0.1, 0.15) is 29.5 Å². The van der Waals surface area contributed by atoms with Gasteiger partial charge < -0.3 is 4.84 Å². The van der Waals surface area contributed by atoms with E-state index in [-0.39, 0.29) is 17.9 Å². The topological polar surface area (TPSA) is 86.5 Å². The average molecular weight is 473 g/mol. The van der Waals surface area contributed by atoms with Crippen molar-refractivity contribution in [1.82, 2.24) is 0 Å². The molecule has 0 aromatic heterocycles. The molecule has 3 rings (SSSR count). The van der Waals surface area contributed by atoms with Gasteiger partial charge in [0.25, 0.3) is 5.09 Å². The summed E-state index contributed by atoms with van der Waals surface area (Å²) in [4.78, 5) is 15.1. The normalized spacial score (nSPS) is 11.1. The number of sulfone groups is 1. The third-order valence-corrected chi connectivity index (χ3v) is 6.09. The van der Waals surface area contributed by atoms with Crippen molar-refractivity contribution in [3.63, 3.8) is 0 Å². The van der Waals surface area contributed by atoms with E-state index in [1.807, 2.05) is 0 Å². The van der Waals surface area contributed by atoms with Crippen LogP contribution in [0.3, 0.4) is 0 Å². The first kappa shape index (κ1) is 24.1. The molecule has 9 heteroatoms. The maximum Gasteiger partial charge on any atom is 0.294 e. The standard InChI is InChI=1S/C24H21F2NO5S/c1-33(30,31)22-14-8-17(9-15-22)23(3-2-16-32-27(28)29)24(18-4-10-20(25)11-5-18)19-6-12-21(26)13-7-19/h4-15H,2-3,16H2,1H3. The van der Waals surface area contributed by atoms with Crippen molar-refractivity contribution in [1.29, 1.82) is 0 Å². The lowest BCUT2D eigenvalue weighted by atomic mass is 9.87. The van der Waals surface area contributed by atoms with Gasteiger partial charge in [0.05, 0.1) is 11.5 Å². The molecule has 0 atom stereocenters. The monoisotopic (exact) mass is 473 g/mol. The largest absolute Gasteiger partial charge is 0.314 e. The minimum Gasteiger partial charge on any atom is -0.314 e. The number of nitrogens with zero attached hydrogens (tertiary/aromatic N) is 1. The van der Waals surface area contributed by atoms with E-state index in [0.717, 1.165) is 11.8 Å². The Morgan fingerprint density at radius 3 is 1.73 bits per heavy atom. The van der Waals surface area contributed by atoms with Crippen molar-refractivity contribution in [2.45, 2.75) is 17.7 Å². The van der Waals surface area contributed by atoms with Crippen molar-refractivity contribution in [2.75, 3.05) is 12.9 Å². The molecule has 3 aromatic rings. The van der Waals surface area contributed by atoms with Crippen molar-refractivity contribution >= 4 is 21.0 Å². The number of hydrogen-bond donors (Lipinski definition) is 0. The quantitative estimate of drug-likeness (QED) is 0.182. The second-order valence-corrected chi connectivity index (χ2v) is 9.34. The molecule has 172 valence electrons. The van der Waals surface area contributed by atoms with Gasteiger partial charge in [-0.2, -0.15) is 0 Å². The molecule has 0 aliphatic carbocycles. The Kier molecular flexibility index (Phi) is 7.55. The molecular weight excluding hydrogens is 452 g/mol. The SMILES string of the molecule is CS(=O)(=O)c1ccc(C(CCCO[N+](=O)[O-])=C(c2ccc(F)cc2)c2ccc(F)cc2)cc1. The third kappa shape index (κ3) is 6.45. The zero-order valence-corrected chi connectivity index (χ0v) is 18.5. The van der Waals surface area contributed by atoms with Gasteiger partial charge in [0.1, 0.15) is 11.6 Å². The van der Waals surface area contributed by atoms with Crippen LogP contribution < -0.4 is 0 Å². The van der Waals surface area contributed by atoms with E-state index in [9.17, 15) is 27.3 Å². The van der Waals surface area contributed by atoms with Crippen LogP contribution in [0.4, 0.5) is 8.78 Å².